The number of rotatable bonds is 8. The van der Waals surface area contributed by atoms with E-state index in [1.165, 1.54) is 42.1 Å². The number of nitrogens with one attached hydrogen (secondary N) is 1. The van der Waals surface area contributed by atoms with E-state index in [4.69, 9.17) is 9.84 Å². The summed E-state index contributed by atoms with van der Waals surface area (Å²) in [5, 5.41) is 21.5. The topological polar surface area (TPSA) is 160 Å². The summed E-state index contributed by atoms with van der Waals surface area (Å²) in [5.74, 6) is -4.21. The molecule has 0 spiro atoms. The third-order valence-corrected chi connectivity index (χ3v) is 11.8. The van der Waals surface area contributed by atoms with Gasteiger partial charge in [-0.2, -0.15) is 0 Å². The van der Waals surface area contributed by atoms with Gasteiger partial charge in [0.1, 0.15) is 18.2 Å². The van der Waals surface area contributed by atoms with Gasteiger partial charge in [-0.25, -0.2) is 4.39 Å². The number of likely N-dealkylation sites (tertiary alicyclic amines) is 1. The molecule has 7 atom stereocenters. The number of carbonyl (C=O) groups excluding carboxylic acids is 2. The van der Waals surface area contributed by atoms with Gasteiger partial charge in [-0.1, -0.05) is 23.5 Å². The first-order chi connectivity index (χ1) is 20.6. The highest BCUT2D eigenvalue weighted by molar-refractivity contribution is 8.00. The van der Waals surface area contributed by atoms with Crippen molar-refractivity contribution in [1.29, 1.82) is 0 Å². The normalized spacial score (nSPS) is 28.5. The number of non-ortho nitro benzene ring substituents is 1. The van der Waals surface area contributed by atoms with Gasteiger partial charge in [0, 0.05) is 40.3 Å². The number of carboxylic acid groups (broad SMARTS) is 1. The summed E-state index contributed by atoms with van der Waals surface area (Å²) in [6, 6.07) is 10.1. The molecule has 2 amide bonds. The zero-order chi connectivity index (χ0) is 30.2. The Morgan fingerprint density at radius 2 is 1.84 bits per heavy atom. The van der Waals surface area contributed by atoms with E-state index in [1.807, 2.05) is 0 Å². The van der Waals surface area contributed by atoms with Crippen LogP contribution < -0.4 is 9.61 Å². The molecule has 0 unspecified atom stereocenters. The molecule has 4 aliphatic rings. The van der Waals surface area contributed by atoms with Crippen molar-refractivity contribution in [3.63, 3.8) is 0 Å². The van der Waals surface area contributed by atoms with Crippen molar-refractivity contribution < 1.29 is 33.5 Å². The number of nitro groups is 1. The molecule has 0 radical (unpaired) electrons. The molecule has 1 aromatic heterocycles. The van der Waals surface area contributed by atoms with E-state index in [0.29, 0.717) is 33.2 Å². The van der Waals surface area contributed by atoms with Gasteiger partial charge in [0.25, 0.3) is 5.69 Å². The molecular weight excluding hydrogens is 601 g/mol. The predicted octanol–water partition coefficient (Wildman–Crippen LogP) is 4.01. The summed E-state index contributed by atoms with van der Waals surface area (Å²) in [7, 11) is 0. The van der Waals surface area contributed by atoms with E-state index in [2.05, 4.69) is 4.98 Å². The number of thioether (sulfide) groups is 1. The van der Waals surface area contributed by atoms with Crippen LogP contribution in [0.3, 0.4) is 0 Å². The van der Waals surface area contributed by atoms with Gasteiger partial charge >= 0.3 is 10.8 Å². The number of halogens is 1. The maximum absolute atomic E-state index is 13.6. The fraction of sp³-hybridized carbons (Fsp3) is 0.379. The fourth-order valence-electron chi connectivity index (χ4n) is 7.62. The van der Waals surface area contributed by atoms with E-state index >= 15 is 0 Å². The lowest BCUT2D eigenvalue weighted by Crippen LogP contribution is -2.42. The summed E-state index contributed by atoms with van der Waals surface area (Å²) in [6.45, 7) is -0.114. The Labute approximate surface area is 251 Å². The van der Waals surface area contributed by atoms with Crippen molar-refractivity contribution in [2.45, 2.75) is 35.6 Å². The number of hydrogen-bond acceptors (Lipinski definition) is 9. The van der Waals surface area contributed by atoms with Gasteiger partial charge < -0.3 is 14.8 Å². The number of fused-ring (bicyclic) bond motifs is 9. The molecule has 3 heterocycles. The first-order valence-electron chi connectivity index (χ1n) is 13.7. The molecule has 14 heteroatoms. The number of benzene rings is 2. The number of carbonyl (C=O) groups is 3. The van der Waals surface area contributed by atoms with Gasteiger partial charge in [0.15, 0.2) is 0 Å². The molecule has 3 fully saturated rings. The first kappa shape index (κ1) is 27.8. The van der Waals surface area contributed by atoms with Gasteiger partial charge in [-0.15, -0.1) is 11.8 Å². The minimum Gasteiger partial charge on any atom is -0.489 e. The molecule has 2 aliphatic carbocycles. The standard InChI is InChI=1S/C29H24FN3O8S2/c30-13-3-1-12(2-4-13)11-41-18-6-5-14(33(39)40)9-15(18)20-21-16-10-17(24(21)42-26-25(20)43-29(38)31-26)23-22(16)27(36)32(28(23)37)8-7-19(34)35/h1-6,9,16-17,20-24H,7-8,10-11H2,(H,31,38)(H,34,35)/t16-,17-,20-,21-,22+,23-,24+/m1/s1. The molecule has 2 N–H and O–H groups in total. The fourth-order valence-corrected chi connectivity index (χ4v) is 10.5. The molecule has 43 heavy (non-hydrogen) atoms. The minimum absolute atomic E-state index is 0.0686. The molecule has 3 aromatic rings. The monoisotopic (exact) mass is 625 g/mol. The number of hydrogen-bond donors (Lipinski definition) is 2. The molecule has 2 bridgehead atoms. The van der Waals surface area contributed by atoms with Crippen molar-refractivity contribution in [3.8, 4) is 5.75 Å². The Kier molecular flexibility index (Phi) is 6.65. The Morgan fingerprint density at radius 1 is 1.12 bits per heavy atom. The maximum atomic E-state index is 13.6. The number of thiazole rings is 1. The van der Waals surface area contributed by atoms with Crippen LogP contribution in [0.2, 0.25) is 0 Å². The minimum atomic E-state index is -1.10. The smallest absolute Gasteiger partial charge is 0.305 e. The molecular formula is C29H24FN3O8S2. The zero-order valence-corrected chi connectivity index (χ0v) is 23.9. The number of aromatic nitrogens is 1. The van der Waals surface area contributed by atoms with Crippen LogP contribution in [-0.2, 0) is 21.0 Å². The van der Waals surface area contributed by atoms with Crippen molar-refractivity contribution in [2.75, 3.05) is 6.54 Å². The molecule has 1 saturated heterocycles. The van der Waals surface area contributed by atoms with E-state index < -0.39 is 34.5 Å². The van der Waals surface area contributed by atoms with Crippen molar-refractivity contribution >= 4 is 46.6 Å². The summed E-state index contributed by atoms with van der Waals surface area (Å²) >= 11 is 2.50. The van der Waals surface area contributed by atoms with Crippen LogP contribution in [0.5, 0.6) is 5.75 Å². The zero-order valence-electron chi connectivity index (χ0n) is 22.3. The molecule has 222 valence electrons. The van der Waals surface area contributed by atoms with Crippen LogP contribution in [0.15, 0.2) is 52.3 Å². The molecule has 2 aromatic carbocycles. The SMILES string of the molecule is O=C(O)CCN1C(=O)[C@@H]2[C@H]3C[C@@H]([C@@H]2C1=O)[C@@H]1[C@@H](c2cc([N+](=O)[O-])ccc2OCc2ccc(F)cc2)c2sc(=O)[nH]c2S[C@@H]31. The summed E-state index contributed by atoms with van der Waals surface area (Å²) in [6.07, 6.45) is 0.274. The first-order valence-corrected chi connectivity index (χ1v) is 15.4. The third kappa shape index (κ3) is 4.46. The van der Waals surface area contributed by atoms with Gasteiger partial charge in [-0.3, -0.25) is 34.2 Å². The van der Waals surface area contributed by atoms with Crippen molar-refractivity contribution in [3.05, 3.63) is 84.1 Å². The highest BCUT2D eigenvalue weighted by Crippen LogP contribution is 2.69. The number of aliphatic carboxylic acids is 1. The number of ether oxygens (including phenoxy) is 1. The van der Waals surface area contributed by atoms with Gasteiger partial charge in [-0.05, 0) is 47.9 Å². The number of H-pyrrole nitrogens is 1. The van der Waals surface area contributed by atoms with Crippen LogP contribution in [0.25, 0.3) is 0 Å². The second-order valence-corrected chi connectivity index (χ2v) is 13.5. The van der Waals surface area contributed by atoms with Gasteiger partial charge in [0.05, 0.1) is 28.2 Å². The van der Waals surface area contributed by atoms with Gasteiger partial charge in [0.2, 0.25) is 11.8 Å². The van der Waals surface area contributed by atoms with Crippen LogP contribution >= 0.6 is 23.1 Å². The lowest BCUT2D eigenvalue weighted by atomic mass is 9.68. The second kappa shape index (κ2) is 10.3. The lowest BCUT2D eigenvalue weighted by molar-refractivity contribution is -0.385. The molecule has 7 rings (SSSR count). The molecule has 2 aliphatic heterocycles. The average Bonchev–Trinajstić information content (AvgIpc) is 3.70. The number of nitrogens with zero attached hydrogens (tertiary/aromatic N) is 2. The summed E-state index contributed by atoms with van der Waals surface area (Å²) in [5.41, 5.74) is 1.04. The summed E-state index contributed by atoms with van der Waals surface area (Å²) < 4.78 is 19.6. The van der Waals surface area contributed by atoms with E-state index in [9.17, 15) is 33.7 Å². The van der Waals surface area contributed by atoms with Crippen molar-refractivity contribution in [1.82, 2.24) is 9.88 Å². The highest BCUT2D eigenvalue weighted by atomic mass is 32.2. The van der Waals surface area contributed by atoms with Crippen LogP contribution in [0.4, 0.5) is 10.1 Å². The largest absolute Gasteiger partial charge is 0.489 e. The number of carboxylic acids is 1. The number of imide groups is 1. The Morgan fingerprint density at radius 3 is 2.53 bits per heavy atom. The second-order valence-electron chi connectivity index (χ2n) is 11.3. The van der Waals surface area contributed by atoms with Crippen molar-refractivity contribution in [2.24, 2.45) is 29.6 Å². The number of nitro benzene ring substituents is 1. The van der Waals surface area contributed by atoms with Crippen LogP contribution in [-0.4, -0.2) is 49.5 Å². The van der Waals surface area contributed by atoms with E-state index in [-0.39, 0.29) is 65.0 Å². The quantitative estimate of drug-likeness (QED) is 0.214. The lowest BCUT2D eigenvalue weighted by Gasteiger charge is -2.43. The van der Waals surface area contributed by atoms with Crippen LogP contribution in [0.1, 0.15) is 34.8 Å². The third-order valence-electron chi connectivity index (χ3n) is 9.21. The Hall–Kier alpha value is -4.04. The Bertz CT molecular complexity index is 1740. The maximum Gasteiger partial charge on any atom is 0.305 e. The van der Waals surface area contributed by atoms with E-state index in [0.717, 1.165) is 16.2 Å². The molecule has 2 saturated carbocycles. The average molecular weight is 626 g/mol. The van der Waals surface area contributed by atoms with E-state index in [1.54, 1.807) is 12.1 Å². The molecule has 11 nitrogen and oxygen atoms in total. The number of amides is 2. The van der Waals surface area contributed by atoms with Crippen LogP contribution in [0, 0.1) is 45.5 Å². The summed E-state index contributed by atoms with van der Waals surface area (Å²) in [4.78, 5) is 66.6. The highest BCUT2D eigenvalue weighted by Gasteiger charge is 2.69. The Balaban J connectivity index is 1.30. The number of aromatic amines is 1. The predicted molar refractivity (Wildman–Crippen MR) is 151 cm³/mol.